The lowest BCUT2D eigenvalue weighted by molar-refractivity contribution is 0.279. The number of rotatable bonds is 3. The molecule has 0 amide bonds. The van der Waals surface area contributed by atoms with E-state index < -0.39 is 0 Å². The summed E-state index contributed by atoms with van der Waals surface area (Å²) in [6.07, 6.45) is 5.29. The van der Waals surface area contributed by atoms with Gasteiger partial charge in [-0.3, -0.25) is 0 Å². The number of hydrogen-bond acceptors (Lipinski definition) is 3. The second-order valence-electron chi connectivity index (χ2n) is 5.68. The molecule has 0 spiro atoms. The summed E-state index contributed by atoms with van der Waals surface area (Å²) in [4.78, 5) is 6.95. The third-order valence-corrected chi connectivity index (χ3v) is 3.70. The van der Waals surface area contributed by atoms with Gasteiger partial charge in [0, 0.05) is 19.3 Å². The Kier molecular flexibility index (Phi) is 3.67. The zero-order chi connectivity index (χ0) is 12.3. The summed E-state index contributed by atoms with van der Waals surface area (Å²) in [5, 5.41) is 0. The Morgan fingerprint density at radius 1 is 1.35 bits per heavy atom. The highest BCUT2D eigenvalue weighted by Crippen LogP contribution is 2.32. The molecule has 0 saturated carbocycles. The monoisotopic (exact) mass is 233 g/mol. The van der Waals surface area contributed by atoms with Gasteiger partial charge in [-0.05, 0) is 42.9 Å². The van der Waals surface area contributed by atoms with Crippen LogP contribution in [0.25, 0.3) is 0 Å². The number of piperidine rings is 1. The van der Waals surface area contributed by atoms with Crippen LogP contribution in [0.1, 0.15) is 32.3 Å². The predicted octanol–water partition coefficient (Wildman–Crippen LogP) is 2.21. The van der Waals surface area contributed by atoms with Gasteiger partial charge >= 0.3 is 0 Å². The van der Waals surface area contributed by atoms with Crippen LogP contribution in [0, 0.1) is 5.41 Å². The molecule has 2 rings (SSSR count). The van der Waals surface area contributed by atoms with Crippen molar-refractivity contribution in [3.8, 4) is 0 Å². The van der Waals surface area contributed by atoms with E-state index in [9.17, 15) is 0 Å². The van der Waals surface area contributed by atoms with Crippen molar-refractivity contribution in [3.05, 3.63) is 23.9 Å². The van der Waals surface area contributed by atoms with E-state index in [2.05, 4.69) is 29.8 Å². The number of aromatic nitrogens is 1. The molecule has 0 atom stereocenters. The van der Waals surface area contributed by atoms with Crippen LogP contribution in [-0.4, -0.2) is 24.6 Å². The molecule has 0 aromatic carbocycles. The maximum absolute atomic E-state index is 5.66. The number of hydrogen-bond donors (Lipinski definition) is 1. The standard InChI is InChI=1S/C14H23N3/c1-14(2)6-10-17(11-7-14)13-12(5-8-15)4-3-9-16-13/h3-4,9H,5-8,10-11,15H2,1-2H3. The number of anilines is 1. The largest absolute Gasteiger partial charge is 0.356 e. The van der Waals surface area contributed by atoms with Gasteiger partial charge in [-0.25, -0.2) is 4.98 Å². The molecule has 1 saturated heterocycles. The van der Waals surface area contributed by atoms with Crippen molar-refractivity contribution in [2.75, 3.05) is 24.5 Å². The highest BCUT2D eigenvalue weighted by atomic mass is 15.2. The summed E-state index contributed by atoms with van der Waals surface area (Å²) in [7, 11) is 0. The molecule has 0 bridgehead atoms. The lowest BCUT2D eigenvalue weighted by atomic mass is 9.82. The van der Waals surface area contributed by atoms with Crippen molar-refractivity contribution in [1.82, 2.24) is 4.98 Å². The second-order valence-corrected chi connectivity index (χ2v) is 5.68. The molecule has 1 aliphatic heterocycles. The normalized spacial score (nSPS) is 19.4. The molecule has 94 valence electrons. The van der Waals surface area contributed by atoms with Crippen molar-refractivity contribution in [3.63, 3.8) is 0 Å². The SMILES string of the molecule is CC1(C)CCN(c2ncccc2CCN)CC1. The van der Waals surface area contributed by atoms with Gasteiger partial charge in [-0.15, -0.1) is 0 Å². The first-order valence-corrected chi connectivity index (χ1v) is 6.51. The van der Waals surface area contributed by atoms with Crippen LogP contribution >= 0.6 is 0 Å². The summed E-state index contributed by atoms with van der Waals surface area (Å²) >= 11 is 0. The molecule has 0 radical (unpaired) electrons. The molecule has 2 N–H and O–H groups in total. The predicted molar refractivity (Wildman–Crippen MR) is 72.2 cm³/mol. The van der Waals surface area contributed by atoms with Gasteiger partial charge in [0.25, 0.3) is 0 Å². The Hall–Kier alpha value is -1.09. The first kappa shape index (κ1) is 12.4. The van der Waals surface area contributed by atoms with Gasteiger partial charge in [0.1, 0.15) is 5.82 Å². The molecule has 1 aromatic rings. The smallest absolute Gasteiger partial charge is 0.131 e. The fraction of sp³-hybridized carbons (Fsp3) is 0.643. The molecule has 3 heteroatoms. The molecule has 0 unspecified atom stereocenters. The Bertz CT molecular complexity index is 363. The van der Waals surface area contributed by atoms with Gasteiger partial charge in [0.15, 0.2) is 0 Å². The third kappa shape index (κ3) is 2.97. The number of nitrogens with two attached hydrogens (primary N) is 1. The highest BCUT2D eigenvalue weighted by Gasteiger charge is 2.26. The first-order chi connectivity index (χ1) is 8.12. The molecular formula is C14H23N3. The summed E-state index contributed by atoms with van der Waals surface area (Å²) < 4.78 is 0. The van der Waals surface area contributed by atoms with Crippen LogP contribution in [0.15, 0.2) is 18.3 Å². The summed E-state index contributed by atoms with van der Waals surface area (Å²) in [6, 6.07) is 4.15. The van der Waals surface area contributed by atoms with Crippen molar-refractivity contribution >= 4 is 5.82 Å². The Morgan fingerprint density at radius 3 is 2.71 bits per heavy atom. The fourth-order valence-corrected chi connectivity index (χ4v) is 2.39. The van der Waals surface area contributed by atoms with E-state index in [0.717, 1.165) is 25.3 Å². The van der Waals surface area contributed by atoms with E-state index in [1.54, 1.807) is 0 Å². The minimum Gasteiger partial charge on any atom is -0.356 e. The molecule has 0 aliphatic carbocycles. The van der Waals surface area contributed by atoms with Crippen LogP contribution in [0.2, 0.25) is 0 Å². The van der Waals surface area contributed by atoms with Gasteiger partial charge < -0.3 is 10.6 Å². The van der Waals surface area contributed by atoms with Crippen LogP contribution in [-0.2, 0) is 6.42 Å². The first-order valence-electron chi connectivity index (χ1n) is 6.51. The van der Waals surface area contributed by atoms with Crippen molar-refractivity contribution < 1.29 is 0 Å². The molecule has 1 aliphatic rings. The number of pyridine rings is 1. The second kappa shape index (κ2) is 5.05. The topological polar surface area (TPSA) is 42.2 Å². The maximum atomic E-state index is 5.66. The molecule has 17 heavy (non-hydrogen) atoms. The summed E-state index contributed by atoms with van der Waals surface area (Å²) in [5.74, 6) is 1.15. The van der Waals surface area contributed by atoms with Gasteiger partial charge in [-0.1, -0.05) is 19.9 Å². The van der Waals surface area contributed by atoms with Gasteiger partial charge in [0.05, 0.1) is 0 Å². The fourth-order valence-electron chi connectivity index (χ4n) is 2.39. The molecule has 3 nitrogen and oxygen atoms in total. The maximum Gasteiger partial charge on any atom is 0.131 e. The van der Waals surface area contributed by atoms with E-state index >= 15 is 0 Å². The molecule has 2 heterocycles. The van der Waals surface area contributed by atoms with Crippen molar-refractivity contribution in [2.45, 2.75) is 33.1 Å². The summed E-state index contributed by atoms with van der Waals surface area (Å²) in [6.45, 7) is 7.62. The van der Waals surface area contributed by atoms with Crippen LogP contribution in [0.4, 0.5) is 5.82 Å². The lowest BCUT2D eigenvalue weighted by Crippen LogP contribution is -2.38. The zero-order valence-electron chi connectivity index (χ0n) is 10.9. The van der Waals surface area contributed by atoms with E-state index in [4.69, 9.17) is 5.73 Å². The average molecular weight is 233 g/mol. The van der Waals surface area contributed by atoms with Gasteiger partial charge in [0.2, 0.25) is 0 Å². The average Bonchev–Trinajstić information content (AvgIpc) is 2.31. The van der Waals surface area contributed by atoms with E-state index in [1.807, 2.05) is 12.3 Å². The van der Waals surface area contributed by atoms with Crippen molar-refractivity contribution in [2.24, 2.45) is 11.1 Å². The number of nitrogens with zero attached hydrogens (tertiary/aromatic N) is 2. The highest BCUT2D eigenvalue weighted by molar-refractivity contribution is 5.47. The van der Waals surface area contributed by atoms with Crippen molar-refractivity contribution in [1.29, 1.82) is 0 Å². The van der Waals surface area contributed by atoms with E-state index in [0.29, 0.717) is 12.0 Å². The lowest BCUT2D eigenvalue weighted by Gasteiger charge is -2.38. The van der Waals surface area contributed by atoms with E-state index in [1.165, 1.54) is 18.4 Å². The molecule has 1 aromatic heterocycles. The summed E-state index contributed by atoms with van der Waals surface area (Å²) in [5.41, 5.74) is 7.43. The Morgan fingerprint density at radius 2 is 2.06 bits per heavy atom. The minimum atomic E-state index is 0.485. The quantitative estimate of drug-likeness (QED) is 0.870. The Labute approximate surface area is 104 Å². The van der Waals surface area contributed by atoms with Crippen LogP contribution < -0.4 is 10.6 Å². The van der Waals surface area contributed by atoms with E-state index in [-0.39, 0.29) is 0 Å². The van der Waals surface area contributed by atoms with Crippen LogP contribution in [0.3, 0.4) is 0 Å². The third-order valence-electron chi connectivity index (χ3n) is 3.70. The minimum absolute atomic E-state index is 0.485. The molecule has 1 fully saturated rings. The molecular weight excluding hydrogens is 210 g/mol. The zero-order valence-corrected chi connectivity index (χ0v) is 10.9. The van der Waals surface area contributed by atoms with Crippen LogP contribution in [0.5, 0.6) is 0 Å². The van der Waals surface area contributed by atoms with Gasteiger partial charge in [-0.2, -0.15) is 0 Å². The Balaban J connectivity index is 2.12.